The Balaban J connectivity index is 2.29. The normalized spacial score (nSPS) is 11.5. The van der Waals surface area contributed by atoms with Crippen LogP contribution in [-0.4, -0.2) is 47.6 Å². The van der Waals surface area contributed by atoms with Gasteiger partial charge in [-0.05, 0) is 48.2 Å². The number of anilines is 1. The second-order valence-electron chi connectivity index (χ2n) is 7.53. The third-order valence-electron chi connectivity index (χ3n) is 4.85. The number of rotatable bonds is 11. The smallest absolute Gasteiger partial charge is 0.243 e. The van der Waals surface area contributed by atoms with Crippen molar-refractivity contribution in [1.82, 2.24) is 9.88 Å². The Morgan fingerprint density at radius 3 is 2.50 bits per heavy atom. The van der Waals surface area contributed by atoms with Crippen LogP contribution in [0.5, 0.6) is 0 Å². The highest BCUT2D eigenvalue weighted by Crippen LogP contribution is 2.20. The van der Waals surface area contributed by atoms with E-state index in [0.717, 1.165) is 5.56 Å². The summed E-state index contributed by atoms with van der Waals surface area (Å²) in [6, 6.07) is 7.17. The van der Waals surface area contributed by atoms with Gasteiger partial charge in [0.15, 0.2) is 11.6 Å². The van der Waals surface area contributed by atoms with Gasteiger partial charge in [-0.2, -0.15) is 0 Å². The maximum atomic E-state index is 14.3. The molecule has 2 amide bonds. The maximum absolute atomic E-state index is 14.3. The third-order valence-corrected chi connectivity index (χ3v) is 5.11. The van der Waals surface area contributed by atoms with E-state index in [2.05, 4.69) is 11.6 Å². The lowest BCUT2D eigenvalue weighted by Crippen LogP contribution is -2.46. The molecule has 2 rings (SSSR count). The van der Waals surface area contributed by atoms with Crippen LogP contribution in [0.2, 0.25) is 5.02 Å². The fraction of sp³-hybridized carbons (Fsp3) is 0.304. The number of hydrogen-bond acceptors (Lipinski definition) is 5. The van der Waals surface area contributed by atoms with Crippen LogP contribution in [0.25, 0.3) is 0 Å². The van der Waals surface area contributed by atoms with Gasteiger partial charge >= 0.3 is 0 Å². The lowest BCUT2D eigenvalue weighted by Gasteiger charge is -2.31. The van der Waals surface area contributed by atoms with Crippen molar-refractivity contribution >= 4 is 35.5 Å². The molecule has 1 aromatic carbocycles. The maximum Gasteiger partial charge on any atom is 0.243 e. The van der Waals surface area contributed by atoms with Gasteiger partial charge in [0.2, 0.25) is 11.8 Å². The van der Waals surface area contributed by atoms with Crippen molar-refractivity contribution in [3.8, 4) is 0 Å². The van der Waals surface area contributed by atoms with Crippen molar-refractivity contribution < 1.29 is 18.8 Å². The zero-order valence-corrected chi connectivity index (χ0v) is 18.8. The molecule has 1 unspecified atom stereocenters. The summed E-state index contributed by atoms with van der Waals surface area (Å²) in [6.07, 6.45) is 2.27. The minimum atomic E-state index is -0.984. The number of carbonyl (C=O) groups excluding carboxylic acids is 3. The van der Waals surface area contributed by atoms with E-state index in [4.69, 9.17) is 17.3 Å². The van der Waals surface area contributed by atoms with Gasteiger partial charge < -0.3 is 20.3 Å². The van der Waals surface area contributed by atoms with Crippen molar-refractivity contribution in [2.75, 3.05) is 18.5 Å². The predicted molar refractivity (Wildman–Crippen MR) is 122 cm³/mol. The van der Waals surface area contributed by atoms with E-state index in [9.17, 15) is 18.8 Å². The first kappa shape index (κ1) is 25.0. The van der Waals surface area contributed by atoms with Gasteiger partial charge in [0.25, 0.3) is 0 Å². The number of likely N-dealkylation sites (N-methyl/N-ethyl adjacent to an activating group) is 1. The van der Waals surface area contributed by atoms with E-state index in [-0.39, 0.29) is 31.7 Å². The molecule has 2 aromatic rings. The monoisotopic (exact) mass is 460 g/mol. The second kappa shape index (κ2) is 11.4. The summed E-state index contributed by atoms with van der Waals surface area (Å²) in [7, 11) is 1.54. The van der Waals surface area contributed by atoms with E-state index in [1.807, 2.05) is 0 Å². The average Bonchev–Trinajstić information content (AvgIpc) is 2.73. The molecular formula is C23H26ClFN4O3. The van der Waals surface area contributed by atoms with Gasteiger partial charge in [-0.15, -0.1) is 0 Å². The SMILES string of the molecule is C=C(CCC(N)=O)C(C=O)N(Cc1ccc(Cl)cc1)C(=O)CN(C)c1ncc(C)cc1F. The van der Waals surface area contributed by atoms with Gasteiger partial charge in [-0.3, -0.25) is 9.59 Å². The number of aromatic nitrogens is 1. The van der Waals surface area contributed by atoms with Crippen LogP contribution in [0, 0.1) is 12.7 Å². The fourth-order valence-corrected chi connectivity index (χ4v) is 3.25. The van der Waals surface area contributed by atoms with Gasteiger partial charge in [0, 0.05) is 31.2 Å². The number of hydrogen-bond donors (Lipinski definition) is 1. The van der Waals surface area contributed by atoms with Crippen molar-refractivity contribution in [3.05, 3.63) is 70.6 Å². The summed E-state index contributed by atoms with van der Waals surface area (Å²) >= 11 is 5.94. The van der Waals surface area contributed by atoms with Crippen LogP contribution in [0.15, 0.2) is 48.7 Å². The summed E-state index contributed by atoms with van der Waals surface area (Å²) in [5, 5.41) is 0.532. The molecule has 32 heavy (non-hydrogen) atoms. The minimum Gasteiger partial charge on any atom is -0.370 e. The van der Waals surface area contributed by atoms with Crippen LogP contribution in [0.3, 0.4) is 0 Å². The molecule has 9 heteroatoms. The first-order chi connectivity index (χ1) is 15.1. The lowest BCUT2D eigenvalue weighted by molar-refractivity contribution is -0.134. The fourth-order valence-electron chi connectivity index (χ4n) is 3.13. The van der Waals surface area contributed by atoms with Gasteiger partial charge in [0.1, 0.15) is 12.3 Å². The van der Waals surface area contributed by atoms with E-state index >= 15 is 0 Å². The number of aryl methyl sites for hydroxylation is 1. The Morgan fingerprint density at radius 1 is 1.28 bits per heavy atom. The second-order valence-corrected chi connectivity index (χ2v) is 7.96. The Morgan fingerprint density at radius 2 is 1.94 bits per heavy atom. The van der Waals surface area contributed by atoms with Crippen LogP contribution >= 0.6 is 11.6 Å². The number of benzene rings is 1. The standard InChI is InChI=1S/C23H26ClFN4O3/c1-15-10-19(25)23(27-11-15)28(3)13-22(32)29(12-17-5-7-18(24)8-6-17)20(14-30)16(2)4-9-21(26)31/h5-8,10-11,14,20H,2,4,9,12-13H2,1,3H3,(H2,26,31). The molecule has 0 spiro atoms. The highest BCUT2D eigenvalue weighted by molar-refractivity contribution is 6.30. The highest BCUT2D eigenvalue weighted by atomic mass is 35.5. The molecule has 1 aromatic heterocycles. The van der Waals surface area contributed by atoms with E-state index in [0.29, 0.717) is 22.4 Å². The van der Waals surface area contributed by atoms with E-state index in [1.54, 1.807) is 31.2 Å². The molecule has 1 atom stereocenters. The molecule has 0 radical (unpaired) electrons. The number of carbonyl (C=O) groups is 3. The summed E-state index contributed by atoms with van der Waals surface area (Å²) in [5.74, 6) is -1.51. The van der Waals surface area contributed by atoms with Crippen molar-refractivity contribution in [1.29, 1.82) is 0 Å². The molecule has 0 saturated heterocycles. The zero-order valence-electron chi connectivity index (χ0n) is 18.1. The number of aldehydes is 1. The molecule has 0 aliphatic carbocycles. The lowest BCUT2D eigenvalue weighted by atomic mass is 10.0. The van der Waals surface area contributed by atoms with Crippen molar-refractivity contribution in [2.45, 2.75) is 32.4 Å². The number of primary amides is 1. The molecule has 0 aliphatic heterocycles. The number of halogens is 2. The topological polar surface area (TPSA) is 96.6 Å². The summed E-state index contributed by atoms with van der Waals surface area (Å²) < 4.78 is 14.3. The molecule has 1 heterocycles. The largest absolute Gasteiger partial charge is 0.370 e. The van der Waals surface area contributed by atoms with Gasteiger partial charge in [0.05, 0.1) is 6.54 Å². The minimum absolute atomic E-state index is 0.00451. The molecule has 0 aliphatic rings. The van der Waals surface area contributed by atoms with Gasteiger partial charge in [-0.1, -0.05) is 30.3 Å². The first-order valence-electron chi connectivity index (χ1n) is 9.90. The van der Waals surface area contributed by atoms with Crippen LogP contribution < -0.4 is 10.6 Å². The predicted octanol–water partition coefficient (Wildman–Crippen LogP) is 3.04. The number of nitrogens with zero attached hydrogens (tertiary/aromatic N) is 3. The van der Waals surface area contributed by atoms with E-state index < -0.39 is 23.7 Å². The molecule has 2 N–H and O–H groups in total. The molecule has 0 saturated carbocycles. The molecule has 7 nitrogen and oxygen atoms in total. The number of pyridine rings is 1. The van der Waals surface area contributed by atoms with E-state index in [1.165, 1.54) is 29.1 Å². The van der Waals surface area contributed by atoms with Crippen LogP contribution in [-0.2, 0) is 20.9 Å². The molecule has 170 valence electrons. The van der Waals surface area contributed by atoms with Gasteiger partial charge in [-0.25, -0.2) is 9.37 Å². The van der Waals surface area contributed by atoms with Crippen LogP contribution in [0.4, 0.5) is 10.2 Å². The molecular weight excluding hydrogens is 435 g/mol. The van der Waals surface area contributed by atoms with Crippen molar-refractivity contribution in [2.24, 2.45) is 5.73 Å². The summed E-state index contributed by atoms with van der Waals surface area (Å²) in [6.45, 7) is 5.45. The summed E-state index contributed by atoms with van der Waals surface area (Å²) in [4.78, 5) is 43.1. The molecule has 0 bridgehead atoms. The van der Waals surface area contributed by atoms with Crippen LogP contribution in [0.1, 0.15) is 24.0 Å². The first-order valence-corrected chi connectivity index (χ1v) is 10.3. The number of amides is 2. The third kappa shape index (κ3) is 6.88. The Kier molecular flexibility index (Phi) is 8.90. The molecule has 0 fully saturated rings. The average molecular weight is 461 g/mol. The Hall–Kier alpha value is -3.26. The zero-order chi connectivity index (χ0) is 23.8. The Labute approximate surface area is 191 Å². The number of nitrogens with two attached hydrogens (primary N) is 1. The highest BCUT2D eigenvalue weighted by Gasteiger charge is 2.27. The summed E-state index contributed by atoms with van der Waals surface area (Å²) in [5.41, 5.74) is 6.97. The quantitative estimate of drug-likeness (QED) is 0.410. The van der Waals surface area contributed by atoms with Crippen molar-refractivity contribution in [3.63, 3.8) is 0 Å². The Bertz CT molecular complexity index is 997.